The Morgan fingerprint density at radius 2 is 1.92 bits per heavy atom. The first-order chi connectivity index (χ1) is 12.2. The summed E-state index contributed by atoms with van der Waals surface area (Å²) in [7, 11) is 0. The summed E-state index contributed by atoms with van der Waals surface area (Å²) in [5, 5.41) is 3.84. The van der Waals surface area contributed by atoms with Crippen LogP contribution >= 0.6 is 11.3 Å². The van der Waals surface area contributed by atoms with Gasteiger partial charge in [-0.05, 0) is 43.5 Å². The number of halogens is 1. The molecule has 0 saturated carbocycles. The molecule has 2 aromatic heterocycles. The SMILES string of the molecule is O=c1[nH]ccc2c3sc(N4CCCCC4)nc3c3ccc(F)cc3c12. The highest BCUT2D eigenvalue weighted by molar-refractivity contribution is 7.23. The number of pyridine rings is 1. The first-order valence-corrected chi connectivity index (χ1v) is 9.32. The third-order valence-electron chi connectivity index (χ3n) is 4.95. The fourth-order valence-corrected chi connectivity index (χ4v) is 4.92. The molecule has 6 heteroatoms. The van der Waals surface area contributed by atoms with Crippen LogP contribution in [0.15, 0.2) is 35.3 Å². The number of hydrogen-bond donors (Lipinski definition) is 1. The van der Waals surface area contributed by atoms with Crippen LogP contribution in [-0.4, -0.2) is 23.1 Å². The molecule has 0 aliphatic carbocycles. The van der Waals surface area contributed by atoms with Gasteiger partial charge in [-0.15, -0.1) is 0 Å². The second-order valence-electron chi connectivity index (χ2n) is 6.51. The summed E-state index contributed by atoms with van der Waals surface area (Å²) in [6.45, 7) is 2.04. The van der Waals surface area contributed by atoms with E-state index >= 15 is 0 Å². The largest absolute Gasteiger partial charge is 0.348 e. The van der Waals surface area contributed by atoms with Crippen LogP contribution in [0.2, 0.25) is 0 Å². The molecular weight excluding hydrogens is 337 g/mol. The lowest BCUT2D eigenvalue weighted by molar-refractivity contribution is 0.577. The first-order valence-electron chi connectivity index (χ1n) is 8.50. The second-order valence-corrected chi connectivity index (χ2v) is 7.48. The van der Waals surface area contributed by atoms with Crippen LogP contribution in [0.1, 0.15) is 19.3 Å². The minimum Gasteiger partial charge on any atom is -0.348 e. The zero-order chi connectivity index (χ0) is 17.0. The summed E-state index contributed by atoms with van der Waals surface area (Å²) >= 11 is 1.63. The predicted octanol–water partition coefficient (Wildman–Crippen LogP) is 4.42. The maximum atomic E-state index is 13.9. The van der Waals surface area contributed by atoms with E-state index in [1.54, 1.807) is 23.6 Å². The molecule has 3 heterocycles. The van der Waals surface area contributed by atoms with E-state index in [0.717, 1.165) is 39.2 Å². The van der Waals surface area contributed by atoms with Crippen molar-refractivity contribution < 1.29 is 4.39 Å². The molecule has 5 rings (SSSR count). The fraction of sp³-hybridized carbons (Fsp3) is 0.263. The van der Waals surface area contributed by atoms with Gasteiger partial charge in [0.2, 0.25) is 0 Å². The lowest BCUT2D eigenvalue weighted by Crippen LogP contribution is -2.29. The average molecular weight is 353 g/mol. The second kappa shape index (κ2) is 5.52. The summed E-state index contributed by atoms with van der Waals surface area (Å²) in [4.78, 5) is 22.4. The zero-order valence-electron chi connectivity index (χ0n) is 13.5. The lowest BCUT2D eigenvalue weighted by atomic mass is 10.0. The van der Waals surface area contributed by atoms with E-state index in [0.29, 0.717) is 10.8 Å². The van der Waals surface area contributed by atoms with Crippen molar-refractivity contribution >= 4 is 48.2 Å². The van der Waals surface area contributed by atoms with Gasteiger partial charge in [-0.2, -0.15) is 0 Å². The van der Waals surface area contributed by atoms with E-state index in [-0.39, 0.29) is 11.4 Å². The van der Waals surface area contributed by atoms with Gasteiger partial charge in [0.1, 0.15) is 5.82 Å². The van der Waals surface area contributed by atoms with Crippen molar-refractivity contribution in [3.63, 3.8) is 0 Å². The van der Waals surface area contributed by atoms with Crippen LogP contribution < -0.4 is 10.5 Å². The minimum atomic E-state index is -0.345. The number of fused-ring (bicyclic) bond motifs is 6. The molecule has 0 amide bonds. The number of aromatic amines is 1. The van der Waals surface area contributed by atoms with Gasteiger partial charge in [-0.3, -0.25) is 4.79 Å². The molecule has 0 unspecified atom stereocenters. The van der Waals surface area contributed by atoms with E-state index in [1.807, 2.05) is 6.07 Å². The highest BCUT2D eigenvalue weighted by atomic mass is 32.1. The van der Waals surface area contributed by atoms with Crippen LogP contribution in [0.5, 0.6) is 0 Å². The van der Waals surface area contributed by atoms with Crippen molar-refractivity contribution in [2.24, 2.45) is 0 Å². The Bertz CT molecular complexity index is 1170. The number of aromatic nitrogens is 2. The Balaban J connectivity index is 1.91. The molecule has 2 aromatic carbocycles. The topological polar surface area (TPSA) is 49.0 Å². The van der Waals surface area contributed by atoms with Gasteiger partial charge in [0.05, 0.1) is 15.6 Å². The molecule has 126 valence electrons. The Morgan fingerprint density at radius 3 is 2.76 bits per heavy atom. The average Bonchev–Trinajstić information content (AvgIpc) is 3.08. The number of anilines is 1. The van der Waals surface area contributed by atoms with Gasteiger partial charge < -0.3 is 9.88 Å². The number of nitrogens with one attached hydrogen (secondary N) is 1. The zero-order valence-corrected chi connectivity index (χ0v) is 14.3. The number of thiazole rings is 1. The fourth-order valence-electron chi connectivity index (χ4n) is 3.76. The van der Waals surface area contributed by atoms with E-state index in [2.05, 4.69) is 9.88 Å². The van der Waals surface area contributed by atoms with Crippen LogP contribution in [0, 0.1) is 5.82 Å². The van der Waals surface area contributed by atoms with Crippen molar-refractivity contribution in [3.05, 3.63) is 46.6 Å². The summed E-state index contributed by atoms with van der Waals surface area (Å²) in [5.41, 5.74) is 0.668. The quantitative estimate of drug-likeness (QED) is 0.515. The predicted molar refractivity (Wildman–Crippen MR) is 101 cm³/mol. The summed E-state index contributed by atoms with van der Waals surface area (Å²) in [6.07, 6.45) is 5.28. The monoisotopic (exact) mass is 353 g/mol. The first kappa shape index (κ1) is 14.8. The van der Waals surface area contributed by atoms with Crippen LogP contribution in [0.4, 0.5) is 9.52 Å². The molecule has 0 atom stereocenters. The molecule has 1 saturated heterocycles. The molecule has 1 aliphatic heterocycles. The van der Waals surface area contributed by atoms with Gasteiger partial charge in [0.25, 0.3) is 5.56 Å². The number of piperidine rings is 1. The Morgan fingerprint density at radius 1 is 1.08 bits per heavy atom. The van der Waals surface area contributed by atoms with Crippen molar-refractivity contribution in [1.29, 1.82) is 0 Å². The van der Waals surface area contributed by atoms with Gasteiger partial charge in [0.15, 0.2) is 5.13 Å². The van der Waals surface area contributed by atoms with Crippen molar-refractivity contribution in [1.82, 2.24) is 9.97 Å². The van der Waals surface area contributed by atoms with Gasteiger partial charge in [0, 0.05) is 35.4 Å². The van der Waals surface area contributed by atoms with E-state index in [9.17, 15) is 9.18 Å². The number of hydrogen-bond acceptors (Lipinski definition) is 4. The summed E-state index contributed by atoms with van der Waals surface area (Å²) in [5.74, 6) is -0.345. The number of H-pyrrole nitrogens is 1. The van der Waals surface area contributed by atoms with Gasteiger partial charge in [-0.25, -0.2) is 9.37 Å². The molecular formula is C19H16FN3OS. The third-order valence-corrected chi connectivity index (χ3v) is 6.10. The molecule has 25 heavy (non-hydrogen) atoms. The van der Waals surface area contributed by atoms with Gasteiger partial charge >= 0.3 is 0 Å². The highest BCUT2D eigenvalue weighted by Gasteiger charge is 2.19. The standard InChI is InChI=1S/C19H16FN3OS/c20-11-4-5-12-14(10-11)15-13(6-7-21-18(15)24)17-16(12)22-19(25-17)23-8-2-1-3-9-23/h4-7,10H,1-3,8-9H2,(H,21,24). The molecule has 1 aliphatic rings. The van der Waals surface area contributed by atoms with E-state index in [1.165, 1.54) is 31.4 Å². The van der Waals surface area contributed by atoms with E-state index in [4.69, 9.17) is 4.98 Å². The highest BCUT2D eigenvalue weighted by Crippen LogP contribution is 2.39. The maximum Gasteiger partial charge on any atom is 0.256 e. The van der Waals surface area contributed by atoms with Crippen molar-refractivity contribution in [2.45, 2.75) is 19.3 Å². The van der Waals surface area contributed by atoms with Crippen LogP contribution in [-0.2, 0) is 0 Å². The van der Waals surface area contributed by atoms with Crippen molar-refractivity contribution in [2.75, 3.05) is 18.0 Å². The smallest absolute Gasteiger partial charge is 0.256 e. The molecule has 0 radical (unpaired) electrons. The summed E-state index contributed by atoms with van der Waals surface area (Å²) in [6, 6.07) is 6.50. The van der Waals surface area contributed by atoms with Gasteiger partial charge in [-0.1, -0.05) is 11.3 Å². The molecule has 1 fully saturated rings. The minimum absolute atomic E-state index is 0.192. The Kier molecular flexibility index (Phi) is 3.28. The normalized spacial score (nSPS) is 15.5. The number of benzene rings is 2. The molecule has 0 bridgehead atoms. The lowest BCUT2D eigenvalue weighted by Gasteiger charge is -2.25. The van der Waals surface area contributed by atoms with Crippen LogP contribution in [0.3, 0.4) is 0 Å². The Labute approximate surface area is 146 Å². The molecule has 4 nitrogen and oxygen atoms in total. The number of rotatable bonds is 1. The van der Waals surface area contributed by atoms with E-state index < -0.39 is 0 Å². The summed E-state index contributed by atoms with van der Waals surface area (Å²) < 4.78 is 14.9. The number of nitrogens with zero attached hydrogens (tertiary/aromatic N) is 2. The molecule has 1 N–H and O–H groups in total. The third kappa shape index (κ3) is 2.24. The van der Waals surface area contributed by atoms with Crippen molar-refractivity contribution in [3.8, 4) is 0 Å². The Hall–Kier alpha value is -2.47. The molecule has 4 aromatic rings. The van der Waals surface area contributed by atoms with Crippen LogP contribution in [0.25, 0.3) is 31.8 Å². The maximum absolute atomic E-state index is 13.9. The molecule has 0 spiro atoms.